The summed E-state index contributed by atoms with van der Waals surface area (Å²) in [7, 11) is 0. The summed E-state index contributed by atoms with van der Waals surface area (Å²) < 4.78 is 6.09. The third-order valence-corrected chi connectivity index (χ3v) is 5.12. The summed E-state index contributed by atoms with van der Waals surface area (Å²) in [5, 5.41) is 24.6. The summed E-state index contributed by atoms with van der Waals surface area (Å²) in [6.45, 7) is -0.213. The number of hydrogen-bond acceptors (Lipinski definition) is 5. The van der Waals surface area contributed by atoms with E-state index in [1.165, 1.54) is 30.3 Å². The Labute approximate surface area is 203 Å². The molecule has 3 aromatic carbocycles. The molecular formula is C24H17BrClN3O4. The number of phenols is 1. The Bertz CT molecular complexity index is 1240. The summed E-state index contributed by atoms with van der Waals surface area (Å²) in [6.07, 6.45) is 1.43. The summed E-state index contributed by atoms with van der Waals surface area (Å²) in [5.41, 5.74) is 1.52. The molecule has 0 unspecified atom stereocenters. The average Bonchev–Trinajstić information content (AvgIpc) is 2.80. The Morgan fingerprint density at radius 3 is 2.30 bits per heavy atom. The van der Waals surface area contributed by atoms with Crippen molar-refractivity contribution in [3.63, 3.8) is 0 Å². The topological polar surface area (TPSA) is 111 Å². The van der Waals surface area contributed by atoms with Crippen LogP contribution in [0.25, 0.3) is 6.08 Å². The molecule has 33 heavy (non-hydrogen) atoms. The van der Waals surface area contributed by atoms with E-state index in [1.807, 2.05) is 6.07 Å². The number of ether oxygens (including phenoxy) is 1. The number of anilines is 2. The van der Waals surface area contributed by atoms with Crippen LogP contribution in [0.5, 0.6) is 11.5 Å². The van der Waals surface area contributed by atoms with Crippen LogP contribution in [0.3, 0.4) is 0 Å². The van der Waals surface area contributed by atoms with E-state index < -0.39 is 5.91 Å². The van der Waals surface area contributed by atoms with Gasteiger partial charge in [-0.2, -0.15) is 5.26 Å². The first kappa shape index (κ1) is 23.9. The van der Waals surface area contributed by atoms with Crippen molar-refractivity contribution in [2.45, 2.75) is 0 Å². The molecule has 0 aliphatic carbocycles. The van der Waals surface area contributed by atoms with Crippen molar-refractivity contribution in [1.29, 1.82) is 5.26 Å². The number of nitriles is 1. The fraction of sp³-hybridized carbons (Fsp3) is 0.0417. The molecule has 7 nitrogen and oxygen atoms in total. The van der Waals surface area contributed by atoms with Gasteiger partial charge in [0, 0.05) is 16.4 Å². The quantitative estimate of drug-likeness (QED) is 0.218. The van der Waals surface area contributed by atoms with Crippen molar-refractivity contribution in [3.8, 4) is 17.6 Å². The lowest BCUT2D eigenvalue weighted by Crippen LogP contribution is -2.20. The third-order valence-electron chi connectivity index (χ3n) is 4.24. The second-order valence-corrected chi connectivity index (χ2v) is 8.00. The van der Waals surface area contributed by atoms with Gasteiger partial charge >= 0.3 is 0 Å². The fourth-order valence-corrected chi connectivity index (χ4v) is 3.29. The zero-order valence-electron chi connectivity index (χ0n) is 17.0. The molecule has 0 aliphatic heterocycles. The molecule has 0 heterocycles. The molecular weight excluding hydrogens is 510 g/mol. The number of nitrogens with one attached hydrogen (secondary N) is 2. The second-order valence-electron chi connectivity index (χ2n) is 6.70. The van der Waals surface area contributed by atoms with Crippen LogP contribution in [-0.4, -0.2) is 23.5 Å². The van der Waals surface area contributed by atoms with Gasteiger partial charge in [0.15, 0.2) is 6.61 Å². The Morgan fingerprint density at radius 2 is 1.67 bits per heavy atom. The van der Waals surface area contributed by atoms with E-state index in [9.17, 15) is 20.0 Å². The number of halogens is 2. The molecule has 9 heteroatoms. The van der Waals surface area contributed by atoms with E-state index in [-0.39, 0.29) is 23.8 Å². The molecule has 3 N–H and O–H groups in total. The molecule has 0 spiro atoms. The minimum absolute atomic E-state index is 0.0682. The fourth-order valence-electron chi connectivity index (χ4n) is 2.66. The Balaban J connectivity index is 1.62. The number of aromatic hydroxyl groups is 1. The zero-order valence-corrected chi connectivity index (χ0v) is 19.4. The van der Waals surface area contributed by atoms with E-state index in [0.717, 1.165) is 0 Å². The van der Waals surface area contributed by atoms with E-state index >= 15 is 0 Å². The molecule has 0 aromatic heterocycles. The van der Waals surface area contributed by atoms with Crippen LogP contribution in [0.4, 0.5) is 11.4 Å². The molecule has 3 rings (SSSR count). The van der Waals surface area contributed by atoms with Crippen LogP contribution in [0.1, 0.15) is 5.56 Å². The third kappa shape index (κ3) is 7.10. The van der Waals surface area contributed by atoms with E-state index in [2.05, 4.69) is 26.6 Å². The lowest BCUT2D eigenvalue weighted by Gasteiger charge is -2.10. The van der Waals surface area contributed by atoms with Gasteiger partial charge in [0.25, 0.3) is 11.8 Å². The molecule has 0 aliphatic rings. The van der Waals surface area contributed by atoms with Gasteiger partial charge in [-0.3, -0.25) is 9.59 Å². The highest BCUT2D eigenvalue weighted by molar-refractivity contribution is 9.10. The minimum atomic E-state index is -0.585. The smallest absolute Gasteiger partial charge is 0.266 e. The van der Waals surface area contributed by atoms with Gasteiger partial charge in [-0.25, -0.2) is 0 Å². The van der Waals surface area contributed by atoms with Crippen molar-refractivity contribution < 1.29 is 19.4 Å². The Kier molecular flexibility index (Phi) is 8.08. The molecule has 0 saturated heterocycles. The van der Waals surface area contributed by atoms with E-state index in [0.29, 0.717) is 32.2 Å². The van der Waals surface area contributed by atoms with Gasteiger partial charge < -0.3 is 20.5 Å². The van der Waals surface area contributed by atoms with Crippen LogP contribution in [0, 0.1) is 11.3 Å². The summed E-state index contributed by atoms with van der Waals surface area (Å²) in [4.78, 5) is 24.5. The maximum atomic E-state index is 12.4. The zero-order chi connectivity index (χ0) is 23.8. The highest BCUT2D eigenvalue weighted by Gasteiger charge is 2.11. The number of phenolic OH excluding ortho intramolecular Hbond substituents is 1. The predicted octanol–water partition coefficient (Wildman–Crippen LogP) is 5.37. The highest BCUT2D eigenvalue weighted by Crippen LogP contribution is 2.27. The van der Waals surface area contributed by atoms with Crippen molar-refractivity contribution >= 4 is 56.8 Å². The first-order valence-electron chi connectivity index (χ1n) is 9.54. The van der Waals surface area contributed by atoms with Crippen molar-refractivity contribution in [3.05, 3.63) is 87.4 Å². The summed E-state index contributed by atoms with van der Waals surface area (Å²) in [6, 6.07) is 19.4. The molecule has 0 fully saturated rings. The number of nitrogens with zero attached hydrogens (tertiary/aromatic N) is 1. The van der Waals surface area contributed by atoms with E-state index in [4.69, 9.17) is 16.3 Å². The monoisotopic (exact) mass is 525 g/mol. The lowest BCUT2D eigenvalue weighted by molar-refractivity contribution is -0.118. The number of benzene rings is 3. The number of rotatable bonds is 7. The van der Waals surface area contributed by atoms with Crippen molar-refractivity contribution in [1.82, 2.24) is 0 Å². The van der Waals surface area contributed by atoms with Gasteiger partial charge in [-0.15, -0.1) is 0 Å². The average molecular weight is 527 g/mol. The number of hydrogen-bond donors (Lipinski definition) is 3. The van der Waals surface area contributed by atoms with Gasteiger partial charge in [0.1, 0.15) is 23.1 Å². The Hall–Kier alpha value is -3.80. The van der Waals surface area contributed by atoms with Crippen LogP contribution in [0.2, 0.25) is 5.02 Å². The van der Waals surface area contributed by atoms with Gasteiger partial charge in [0.05, 0.1) is 4.47 Å². The first-order valence-corrected chi connectivity index (χ1v) is 10.7. The summed E-state index contributed by atoms with van der Waals surface area (Å²) in [5.74, 6) is -0.437. The molecule has 0 saturated carbocycles. The molecule has 3 aromatic rings. The number of carbonyl (C=O) groups excluding carboxylic acids is 2. The van der Waals surface area contributed by atoms with Gasteiger partial charge in [-0.1, -0.05) is 17.7 Å². The predicted molar refractivity (Wildman–Crippen MR) is 130 cm³/mol. The van der Waals surface area contributed by atoms with Crippen LogP contribution < -0.4 is 15.4 Å². The van der Waals surface area contributed by atoms with Crippen LogP contribution >= 0.6 is 27.5 Å². The molecule has 0 atom stereocenters. The molecule has 0 radical (unpaired) electrons. The standard InChI is InChI=1S/C24H17BrClN3O4/c25-21-12-15(11-16(13-27)24(32)29-19-6-8-20(30)9-7-19)1-10-22(21)33-14-23(31)28-18-4-2-17(26)3-5-18/h1-12,30H,14H2,(H,28,31)(H,29,32)/b16-11+. The molecule has 0 bridgehead atoms. The lowest BCUT2D eigenvalue weighted by atomic mass is 10.1. The maximum Gasteiger partial charge on any atom is 0.266 e. The second kappa shape index (κ2) is 11.2. The van der Waals surface area contributed by atoms with Crippen molar-refractivity contribution in [2.75, 3.05) is 17.2 Å². The SMILES string of the molecule is N#C/C(=C\c1ccc(OCC(=O)Nc2ccc(Cl)cc2)c(Br)c1)C(=O)Nc1ccc(O)cc1. The largest absolute Gasteiger partial charge is 0.508 e. The number of carbonyl (C=O) groups is 2. The summed E-state index contributed by atoms with van der Waals surface area (Å²) >= 11 is 9.20. The van der Waals surface area contributed by atoms with Crippen molar-refractivity contribution in [2.24, 2.45) is 0 Å². The molecule has 2 amide bonds. The normalized spacial score (nSPS) is 10.8. The highest BCUT2D eigenvalue weighted by atomic mass is 79.9. The minimum Gasteiger partial charge on any atom is -0.508 e. The van der Waals surface area contributed by atoms with E-state index in [1.54, 1.807) is 42.5 Å². The van der Waals surface area contributed by atoms with Crippen LogP contribution in [0.15, 0.2) is 76.8 Å². The van der Waals surface area contributed by atoms with Gasteiger partial charge in [0.2, 0.25) is 0 Å². The molecule has 166 valence electrons. The maximum absolute atomic E-state index is 12.4. The Morgan fingerprint density at radius 1 is 1.03 bits per heavy atom. The first-order chi connectivity index (χ1) is 15.8. The van der Waals surface area contributed by atoms with Gasteiger partial charge in [-0.05, 0) is 88.2 Å². The number of amides is 2. The van der Waals surface area contributed by atoms with Crippen LogP contribution in [-0.2, 0) is 9.59 Å².